The Morgan fingerprint density at radius 3 is 2.75 bits per heavy atom. The topological polar surface area (TPSA) is 90.4 Å². The zero-order chi connectivity index (χ0) is 16.9. The lowest BCUT2D eigenvalue weighted by Crippen LogP contribution is -2.26. The SMILES string of the molecule is CC1=NN(c2ccc(C(=O)NCCc3cnc(=O)[nH]c3)cc2)CC1. The molecule has 1 amide bonds. The first-order chi connectivity index (χ1) is 11.6. The Kier molecular flexibility index (Phi) is 4.69. The lowest BCUT2D eigenvalue weighted by molar-refractivity contribution is 0.0954. The molecule has 2 aromatic rings. The standard InChI is InChI=1S/C17H19N5O2/c1-12-7-9-22(21-12)15-4-2-14(3-5-15)16(23)18-8-6-13-10-19-17(24)20-11-13/h2-5,10-11H,6-9H2,1H3,(H,18,23)(H,19,20,24). The molecule has 3 rings (SSSR count). The minimum Gasteiger partial charge on any atom is -0.352 e. The van der Waals surface area contributed by atoms with Crippen molar-refractivity contribution in [2.24, 2.45) is 5.10 Å². The van der Waals surface area contributed by atoms with Crippen LogP contribution in [-0.4, -0.2) is 34.7 Å². The van der Waals surface area contributed by atoms with Crippen LogP contribution < -0.4 is 16.0 Å². The van der Waals surface area contributed by atoms with Crippen LogP contribution in [0, 0.1) is 0 Å². The van der Waals surface area contributed by atoms with E-state index in [1.807, 2.05) is 24.1 Å². The molecule has 24 heavy (non-hydrogen) atoms. The molecule has 2 heterocycles. The summed E-state index contributed by atoms with van der Waals surface area (Å²) in [6, 6.07) is 7.41. The number of benzene rings is 1. The Bertz CT molecular complexity index is 790. The van der Waals surface area contributed by atoms with Gasteiger partial charge >= 0.3 is 5.69 Å². The van der Waals surface area contributed by atoms with Gasteiger partial charge in [0.1, 0.15) is 0 Å². The summed E-state index contributed by atoms with van der Waals surface area (Å²) in [5.74, 6) is -0.125. The maximum absolute atomic E-state index is 12.1. The van der Waals surface area contributed by atoms with Gasteiger partial charge in [0.25, 0.3) is 5.91 Å². The zero-order valence-corrected chi connectivity index (χ0v) is 13.5. The third-order valence-corrected chi connectivity index (χ3v) is 3.83. The maximum atomic E-state index is 12.1. The number of carbonyl (C=O) groups is 1. The fraction of sp³-hybridized carbons (Fsp3) is 0.294. The van der Waals surface area contributed by atoms with Crippen LogP contribution in [0.3, 0.4) is 0 Å². The second-order valence-corrected chi connectivity index (χ2v) is 5.69. The first-order valence-electron chi connectivity index (χ1n) is 7.85. The van der Waals surface area contributed by atoms with Crippen molar-refractivity contribution in [2.45, 2.75) is 19.8 Å². The molecule has 7 heteroatoms. The normalized spacial score (nSPS) is 13.7. The molecule has 1 aromatic carbocycles. The number of rotatable bonds is 5. The van der Waals surface area contributed by atoms with Crippen molar-refractivity contribution < 1.29 is 4.79 Å². The summed E-state index contributed by atoms with van der Waals surface area (Å²) >= 11 is 0. The third kappa shape index (κ3) is 3.87. The molecule has 1 aliphatic rings. The predicted octanol–water partition coefficient (Wildman–Crippen LogP) is 1.33. The van der Waals surface area contributed by atoms with Crippen LogP contribution in [0.1, 0.15) is 29.3 Å². The number of hydrazone groups is 1. The first-order valence-corrected chi connectivity index (χ1v) is 7.85. The van der Waals surface area contributed by atoms with E-state index in [4.69, 9.17) is 0 Å². The highest BCUT2D eigenvalue weighted by Crippen LogP contribution is 2.19. The molecule has 7 nitrogen and oxygen atoms in total. The Hall–Kier alpha value is -2.96. The van der Waals surface area contributed by atoms with E-state index < -0.39 is 0 Å². The van der Waals surface area contributed by atoms with Gasteiger partial charge in [-0.15, -0.1) is 0 Å². The van der Waals surface area contributed by atoms with Crippen LogP contribution in [-0.2, 0) is 6.42 Å². The van der Waals surface area contributed by atoms with Gasteiger partial charge in [-0.25, -0.2) is 9.78 Å². The molecule has 0 fully saturated rings. The number of amides is 1. The van der Waals surface area contributed by atoms with E-state index in [1.54, 1.807) is 18.3 Å². The number of hydrogen-bond acceptors (Lipinski definition) is 5. The molecule has 0 bridgehead atoms. The Balaban J connectivity index is 1.53. The number of carbonyl (C=O) groups excluding carboxylic acids is 1. The second-order valence-electron chi connectivity index (χ2n) is 5.69. The van der Waals surface area contributed by atoms with E-state index in [-0.39, 0.29) is 11.6 Å². The van der Waals surface area contributed by atoms with Crippen molar-refractivity contribution >= 4 is 17.3 Å². The summed E-state index contributed by atoms with van der Waals surface area (Å²) in [6.45, 7) is 3.37. The number of anilines is 1. The average Bonchev–Trinajstić information content (AvgIpc) is 3.03. The lowest BCUT2D eigenvalue weighted by atomic mass is 10.2. The summed E-state index contributed by atoms with van der Waals surface area (Å²) in [7, 11) is 0. The highest BCUT2D eigenvalue weighted by atomic mass is 16.1. The Morgan fingerprint density at radius 1 is 1.33 bits per heavy atom. The highest BCUT2D eigenvalue weighted by Gasteiger charge is 2.13. The second kappa shape index (κ2) is 7.08. The van der Waals surface area contributed by atoms with Crippen LogP contribution in [0.15, 0.2) is 46.6 Å². The van der Waals surface area contributed by atoms with Crippen molar-refractivity contribution in [2.75, 3.05) is 18.1 Å². The molecule has 0 aliphatic carbocycles. The molecule has 1 aliphatic heterocycles. The van der Waals surface area contributed by atoms with Crippen LogP contribution in [0.4, 0.5) is 5.69 Å². The summed E-state index contributed by atoms with van der Waals surface area (Å²) in [4.78, 5) is 29.2. The molecular formula is C17H19N5O2. The van der Waals surface area contributed by atoms with Crippen LogP contribution in [0.25, 0.3) is 0 Å². The van der Waals surface area contributed by atoms with Gasteiger partial charge in [0, 0.05) is 43.2 Å². The molecule has 1 aromatic heterocycles. The van der Waals surface area contributed by atoms with Gasteiger partial charge in [0.15, 0.2) is 0 Å². The van der Waals surface area contributed by atoms with Gasteiger partial charge in [0.05, 0.1) is 5.69 Å². The summed E-state index contributed by atoms with van der Waals surface area (Å²) < 4.78 is 0. The molecule has 0 unspecified atom stereocenters. The van der Waals surface area contributed by atoms with Crippen molar-refractivity contribution in [1.29, 1.82) is 0 Å². The van der Waals surface area contributed by atoms with Crippen molar-refractivity contribution in [3.63, 3.8) is 0 Å². The Labute approximate surface area is 139 Å². The molecule has 0 spiro atoms. The number of H-pyrrole nitrogens is 1. The minimum atomic E-state index is -0.375. The van der Waals surface area contributed by atoms with Gasteiger partial charge in [0.2, 0.25) is 0 Å². The molecule has 124 valence electrons. The molecule has 2 N–H and O–H groups in total. The molecule has 0 saturated carbocycles. The van der Waals surface area contributed by atoms with E-state index in [0.29, 0.717) is 18.5 Å². The molecule has 0 radical (unpaired) electrons. The molecular weight excluding hydrogens is 306 g/mol. The van der Waals surface area contributed by atoms with E-state index in [0.717, 1.165) is 29.9 Å². The van der Waals surface area contributed by atoms with Crippen LogP contribution in [0.5, 0.6) is 0 Å². The van der Waals surface area contributed by atoms with Gasteiger partial charge in [-0.2, -0.15) is 5.10 Å². The molecule has 0 saturated heterocycles. The smallest absolute Gasteiger partial charge is 0.344 e. The van der Waals surface area contributed by atoms with Gasteiger partial charge < -0.3 is 10.3 Å². The largest absolute Gasteiger partial charge is 0.352 e. The van der Waals surface area contributed by atoms with Gasteiger partial charge in [-0.1, -0.05) is 0 Å². The van der Waals surface area contributed by atoms with Crippen molar-refractivity contribution in [1.82, 2.24) is 15.3 Å². The highest BCUT2D eigenvalue weighted by molar-refractivity contribution is 5.94. The van der Waals surface area contributed by atoms with Gasteiger partial charge in [-0.05, 0) is 43.2 Å². The van der Waals surface area contributed by atoms with E-state index in [9.17, 15) is 9.59 Å². The number of nitrogens with zero attached hydrogens (tertiary/aromatic N) is 3. The Morgan fingerprint density at radius 2 is 2.12 bits per heavy atom. The van der Waals surface area contributed by atoms with Crippen LogP contribution >= 0.6 is 0 Å². The summed E-state index contributed by atoms with van der Waals surface area (Å²) in [5.41, 5.74) is 3.21. The summed E-state index contributed by atoms with van der Waals surface area (Å²) in [5, 5.41) is 9.24. The lowest BCUT2D eigenvalue weighted by Gasteiger charge is -2.14. The third-order valence-electron chi connectivity index (χ3n) is 3.83. The predicted molar refractivity (Wildman–Crippen MR) is 92.4 cm³/mol. The van der Waals surface area contributed by atoms with Crippen molar-refractivity contribution in [3.05, 3.63) is 58.3 Å². The zero-order valence-electron chi connectivity index (χ0n) is 13.5. The quantitative estimate of drug-likeness (QED) is 0.868. The van der Waals surface area contributed by atoms with Gasteiger partial charge in [-0.3, -0.25) is 9.80 Å². The first kappa shape index (κ1) is 15.9. The number of nitrogens with one attached hydrogen (secondary N) is 2. The average molecular weight is 325 g/mol. The number of aromatic amines is 1. The van der Waals surface area contributed by atoms with E-state index in [1.165, 1.54) is 6.20 Å². The van der Waals surface area contributed by atoms with Crippen molar-refractivity contribution in [3.8, 4) is 0 Å². The van der Waals surface area contributed by atoms with Crippen LogP contribution in [0.2, 0.25) is 0 Å². The van der Waals surface area contributed by atoms with E-state index in [2.05, 4.69) is 20.4 Å². The number of hydrogen-bond donors (Lipinski definition) is 2. The fourth-order valence-corrected chi connectivity index (χ4v) is 2.48. The fourth-order valence-electron chi connectivity index (χ4n) is 2.48. The summed E-state index contributed by atoms with van der Waals surface area (Å²) in [6.07, 6.45) is 4.70. The monoisotopic (exact) mass is 325 g/mol. The maximum Gasteiger partial charge on any atom is 0.344 e. The molecule has 0 atom stereocenters. The minimum absolute atomic E-state index is 0.125. The van der Waals surface area contributed by atoms with E-state index >= 15 is 0 Å². The number of aromatic nitrogens is 2.